The molecule has 1 unspecified atom stereocenters. The van der Waals surface area contributed by atoms with Crippen molar-refractivity contribution in [2.75, 3.05) is 0 Å². The van der Waals surface area contributed by atoms with Gasteiger partial charge in [0.25, 0.3) is 0 Å². The summed E-state index contributed by atoms with van der Waals surface area (Å²) in [5, 5.41) is 8.53. The van der Waals surface area contributed by atoms with E-state index in [9.17, 15) is 9.59 Å². The number of halogens is 2. The monoisotopic (exact) mass is 597 g/mol. The molecule has 3 saturated carbocycles. The van der Waals surface area contributed by atoms with Crippen LogP contribution in [0.3, 0.4) is 0 Å². The van der Waals surface area contributed by atoms with Gasteiger partial charge >= 0.3 is 11.9 Å². The van der Waals surface area contributed by atoms with Crippen LogP contribution >= 0.6 is 11.6 Å². The van der Waals surface area contributed by atoms with E-state index < -0.39 is 42.0 Å². The van der Waals surface area contributed by atoms with E-state index in [1.807, 2.05) is 13.8 Å². The van der Waals surface area contributed by atoms with Gasteiger partial charge in [0.2, 0.25) is 6.29 Å². The molecule has 0 radical (unpaired) electrons. The Bertz CT molecular complexity index is 1680. The van der Waals surface area contributed by atoms with E-state index in [1.54, 1.807) is 17.6 Å². The number of aromatic amines is 1. The summed E-state index contributed by atoms with van der Waals surface area (Å²) in [6.45, 7) is 6.85. The first-order valence-electron chi connectivity index (χ1n) is 14.2. The highest BCUT2D eigenvalue weighted by molar-refractivity contribution is 6.31. The fourth-order valence-corrected chi connectivity index (χ4v) is 6.74. The van der Waals surface area contributed by atoms with Crippen molar-refractivity contribution in [1.82, 2.24) is 29.7 Å². The van der Waals surface area contributed by atoms with E-state index in [1.165, 1.54) is 19.3 Å². The molecule has 2 bridgehead atoms. The minimum absolute atomic E-state index is 0.0426. The molecular formula is C29H33ClFN7O4. The van der Waals surface area contributed by atoms with Gasteiger partial charge in [0.1, 0.15) is 17.4 Å². The number of nitrogens with one attached hydrogen (secondary N) is 1. The molecule has 4 heterocycles. The summed E-state index contributed by atoms with van der Waals surface area (Å²) >= 11 is 6.19. The van der Waals surface area contributed by atoms with E-state index in [0.29, 0.717) is 38.9 Å². The van der Waals surface area contributed by atoms with Crippen LogP contribution < -0.4 is 5.73 Å². The summed E-state index contributed by atoms with van der Waals surface area (Å²) in [4.78, 5) is 39.7. The molecule has 4 atom stereocenters. The predicted octanol–water partition coefficient (Wildman–Crippen LogP) is 4.86. The van der Waals surface area contributed by atoms with Crippen LogP contribution in [0.25, 0.3) is 33.6 Å². The third-order valence-electron chi connectivity index (χ3n) is 8.73. The molecular weight excluding hydrogens is 565 g/mol. The summed E-state index contributed by atoms with van der Waals surface area (Å²) < 4.78 is 28.3. The van der Waals surface area contributed by atoms with Crippen LogP contribution in [0.5, 0.6) is 0 Å². The van der Waals surface area contributed by atoms with E-state index in [2.05, 4.69) is 20.2 Å². The first-order valence-corrected chi connectivity index (χ1v) is 14.6. The highest BCUT2D eigenvalue weighted by atomic mass is 35.5. The van der Waals surface area contributed by atoms with Crippen LogP contribution in [-0.4, -0.2) is 54.0 Å². The summed E-state index contributed by atoms with van der Waals surface area (Å²) in [5.41, 5.74) is 7.69. The number of carbonyl (C=O) groups excluding carboxylic acids is 2. The quantitative estimate of drug-likeness (QED) is 0.225. The number of ether oxygens (including phenoxy) is 2. The number of hydrogen-bond acceptors (Lipinski definition) is 9. The van der Waals surface area contributed by atoms with Crippen LogP contribution in [0.4, 0.5) is 4.39 Å². The lowest BCUT2D eigenvalue weighted by molar-refractivity contribution is -0.194. The predicted molar refractivity (Wildman–Crippen MR) is 153 cm³/mol. The molecule has 3 aliphatic carbocycles. The SMILES string of the molecule is Cc1nc(-c2[nH]nc3ncc(Cl)cc23)nc2c1c(F)cn2[C@H]1C2CCC(CC2)[C@@H]1C(=O)OC(C)OC(=O)[C@@H](N)C(C)C. The molecule has 0 saturated heterocycles. The summed E-state index contributed by atoms with van der Waals surface area (Å²) in [5.74, 6) is -1.80. The minimum Gasteiger partial charge on any atom is -0.425 e. The third-order valence-corrected chi connectivity index (χ3v) is 8.94. The summed E-state index contributed by atoms with van der Waals surface area (Å²) in [6.07, 6.45) is 5.34. The van der Waals surface area contributed by atoms with Crippen molar-refractivity contribution in [1.29, 1.82) is 0 Å². The number of pyridine rings is 1. The van der Waals surface area contributed by atoms with Gasteiger partial charge in [0, 0.05) is 19.3 Å². The first-order chi connectivity index (χ1) is 20.0. The minimum atomic E-state index is -1.11. The lowest BCUT2D eigenvalue weighted by Gasteiger charge is -2.48. The number of aryl methyl sites for hydroxylation is 1. The Morgan fingerprint density at radius 3 is 2.57 bits per heavy atom. The highest BCUT2D eigenvalue weighted by Gasteiger charge is 2.50. The fourth-order valence-electron chi connectivity index (χ4n) is 6.59. The van der Waals surface area contributed by atoms with Gasteiger partial charge in [-0.25, -0.2) is 19.3 Å². The summed E-state index contributed by atoms with van der Waals surface area (Å²) in [7, 11) is 0. The molecule has 3 aliphatic rings. The molecule has 0 aliphatic heterocycles. The molecule has 4 aromatic rings. The van der Waals surface area contributed by atoms with E-state index in [-0.39, 0.29) is 23.1 Å². The second-order valence-electron chi connectivity index (χ2n) is 11.7. The van der Waals surface area contributed by atoms with E-state index in [0.717, 1.165) is 25.7 Å². The Kier molecular flexibility index (Phi) is 7.38. The molecule has 13 heteroatoms. The molecule has 3 N–H and O–H groups in total. The zero-order chi connectivity index (χ0) is 29.9. The van der Waals surface area contributed by atoms with Crippen molar-refractivity contribution in [2.45, 2.75) is 71.8 Å². The highest BCUT2D eigenvalue weighted by Crippen LogP contribution is 2.52. The largest absolute Gasteiger partial charge is 0.425 e. The normalized spacial score (nSPS) is 23.4. The molecule has 0 aromatic carbocycles. The number of H-pyrrole nitrogens is 1. The molecule has 4 aromatic heterocycles. The lowest BCUT2D eigenvalue weighted by atomic mass is 9.61. The average molecular weight is 598 g/mol. The Hall–Kier alpha value is -3.64. The van der Waals surface area contributed by atoms with Gasteiger partial charge in [0.15, 0.2) is 17.3 Å². The smallest absolute Gasteiger partial charge is 0.326 e. The molecule has 222 valence electrons. The van der Waals surface area contributed by atoms with Crippen LogP contribution in [0.15, 0.2) is 18.5 Å². The number of aromatic nitrogens is 6. The van der Waals surface area contributed by atoms with Gasteiger partial charge in [-0.3, -0.25) is 14.7 Å². The van der Waals surface area contributed by atoms with Crippen molar-refractivity contribution in [3.05, 3.63) is 35.0 Å². The zero-order valence-electron chi connectivity index (χ0n) is 23.8. The van der Waals surface area contributed by atoms with Crippen LogP contribution in [-0.2, 0) is 19.1 Å². The van der Waals surface area contributed by atoms with Crippen molar-refractivity contribution >= 4 is 45.6 Å². The average Bonchev–Trinajstić information content (AvgIpc) is 3.52. The first kappa shape index (κ1) is 28.5. The molecule has 42 heavy (non-hydrogen) atoms. The second kappa shape index (κ2) is 10.9. The number of esters is 2. The molecule has 11 nitrogen and oxygen atoms in total. The number of hydrogen-bond donors (Lipinski definition) is 2. The van der Waals surface area contributed by atoms with Gasteiger partial charge in [-0.05, 0) is 56.4 Å². The Labute approximate surface area is 246 Å². The van der Waals surface area contributed by atoms with Crippen molar-refractivity contribution in [2.24, 2.45) is 29.4 Å². The molecule has 7 rings (SSSR count). The van der Waals surface area contributed by atoms with Crippen molar-refractivity contribution in [3.63, 3.8) is 0 Å². The maximum Gasteiger partial charge on any atom is 0.326 e. The van der Waals surface area contributed by atoms with Crippen molar-refractivity contribution in [3.8, 4) is 11.5 Å². The maximum atomic E-state index is 15.5. The zero-order valence-corrected chi connectivity index (χ0v) is 24.6. The Balaban J connectivity index is 1.37. The Morgan fingerprint density at radius 1 is 1.14 bits per heavy atom. The Morgan fingerprint density at radius 2 is 1.86 bits per heavy atom. The maximum absolute atomic E-state index is 15.5. The van der Waals surface area contributed by atoms with Crippen LogP contribution in [0.2, 0.25) is 5.02 Å². The summed E-state index contributed by atoms with van der Waals surface area (Å²) in [6, 6.07) is 0.503. The van der Waals surface area contributed by atoms with E-state index >= 15 is 4.39 Å². The van der Waals surface area contributed by atoms with Gasteiger partial charge < -0.3 is 19.8 Å². The number of fused-ring (bicyclic) bond motifs is 5. The van der Waals surface area contributed by atoms with Crippen LogP contribution in [0, 0.1) is 36.4 Å². The van der Waals surface area contributed by atoms with Gasteiger partial charge in [-0.15, -0.1) is 0 Å². The van der Waals surface area contributed by atoms with E-state index in [4.69, 9.17) is 31.8 Å². The number of nitrogens with zero attached hydrogens (tertiary/aromatic N) is 5. The molecule has 0 amide bonds. The van der Waals surface area contributed by atoms with Gasteiger partial charge in [0.05, 0.1) is 33.4 Å². The number of rotatable bonds is 7. The molecule has 3 fully saturated rings. The van der Waals surface area contributed by atoms with Crippen molar-refractivity contribution < 1.29 is 23.5 Å². The second-order valence-corrected chi connectivity index (χ2v) is 12.2. The van der Waals surface area contributed by atoms with Gasteiger partial charge in [-0.2, -0.15) is 5.10 Å². The number of carbonyl (C=O) groups is 2. The van der Waals surface area contributed by atoms with Crippen LogP contribution in [0.1, 0.15) is 58.2 Å². The standard InChI is InChI=1S/C29H33ClFN7O4/c1-12(2)22(32)29(40)42-14(4)41-28(39)21-15-5-7-16(8-6-15)24(21)38-11-19(31)20-13(3)34-26(35-27(20)38)23-18-9-17(30)10-33-25(18)37-36-23/h9-12,14-16,21-22,24H,5-8,32H2,1-4H3,(H,33,36,37)/t14?,15?,16?,21-,22-,24-/m0/s1. The number of nitrogens with two attached hydrogens (primary N) is 1. The fraction of sp³-hybridized carbons (Fsp3) is 0.517. The lowest BCUT2D eigenvalue weighted by Crippen LogP contribution is -2.46. The molecule has 0 spiro atoms. The topological polar surface area (TPSA) is 151 Å². The van der Waals surface area contributed by atoms with Gasteiger partial charge in [-0.1, -0.05) is 25.4 Å². The third kappa shape index (κ3) is 4.90.